The second kappa shape index (κ2) is 5.12. The molecule has 0 aliphatic rings. The summed E-state index contributed by atoms with van der Waals surface area (Å²) in [5.74, 6) is 0.295. The Bertz CT molecular complexity index is 679. The van der Waals surface area contributed by atoms with Crippen LogP contribution in [0.2, 0.25) is 0 Å². The first-order chi connectivity index (χ1) is 9.24. The summed E-state index contributed by atoms with van der Waals surface area (Å²) >= 11 is 0.225. The van der Waals surface area contributed by atoms with Gasteiger partial charge < -0.3 is 8.97 Å². The Morgan fingerprint density at radius 1 is 1.21 bits per heavy atom. The van der Waals surface area contributed by atoms with Gasteiger partial charge in [0.2, 0.25) is 0 Å². The molecule has 0 bridgehead atoms. The van der Waals surface area contributed by atoms with E-state index in [0.717, 1.165) is 10.6 Å². The molecule has 1 aromatic carbocycles. The molecule has 0 N–H and O–H groups in total. The van der Waals surface area contributed by atoms with Crippen LogP contribution in [0.1, 0.15) is 0 Å². The normalized spacial score (nSPS) is 12.5. The van der Waals surface area contributed by atoms with Gasteiger partial charge in [-0.2, -0.15) is 0 Å². The molecule has 1 atom stereocenters. The maximum absolute atomic E-state index is 11.2. The van der Waals surface area contributed by atoms with Crippen molar-refractivity contribution in [1.29, 1.82) is 0 Å². The molecule has 0 aliphatic heterocycles. The minimum absolute atomic E-state index is 0.115. The van der Waals surface area contributed by atoms with E-state index in [1.165, 1.54) is 17.6 Å². The van der Waals surface area contributed by atoms with Gasteiger partial charge in [-0.3, -0.25) is 0 Å². The first kappa shape index (κ1) is 12.3. The van der Waals surface area contributed by atoms with E-state index in [0.29, 0.717) is 11.6 Å². The van der Waals surface area contributed by atoms with Crippen LogP contribution in [-0.2, 0) is 11.2 Å². The molecular formula is C12H9N3O2S2. The van der Waals surface area contributed by atoms with E-state index in [2.05, 4.69) is 15.2 Å². The molecule has 2 heterocycles. The van der Waals surface area contributed by atoms with Crippen LogP contribution in [0, 0.1) is 0 Å². The van der Waals surface area contributed by atoms with Crippen molar-refractivity contribution in [1.82, 2.24) is 15.2 Å². The van der Waals surface area contributed by atoms with Crippen molar-refractivity contribution in [3.05, 3.63) is 35.7 Å². The molecule has 0 fully saturated rings. The molecule has 3 rings (SSSR count). The topological polar surface area (TPSA) is 74.9 Å². The van der Waals surface area contributed by atoms with Gasteiger partial charge in [0, 0.05) is 22.1 Å². The first-order valence-electron chi connectivity index (χ1n) is 5.42. The minimum Gasteiger partial charge on any atom is -0.608 e. The number of hydrogen-bond donors (Lipinski definition) is 0. The van der Waals surface area contributed by atoms with Gasteiger partial charge in [0.1, 0.15) is 17.0 Å². The van der Waals surface area contributed by atoms with E-state index < -0.39 is 11.2 Å². The van der Waals surface area contributed by atoms with Crippen molar-refractivity contribution in [2.45, 2.75) is 5.22 Å². The summed E-state index contributed by atoms with van der Waals surface area (Å²) < 4.78 is 16.5. The zero-order valence-corrected chi connectivity index (χ0v) is 11.6. The number of nitrogens with zero attached hydrogens (tertiary/aromatic N) is 3. The molecule has 0 saturated heterocycles. The maximum Gasteiger partial charge on any atom is 0.435 e. The van der Waals surface area contributed by atoms with E-state index in [1.807, 2.05) is 35.7 Å². The molecule has 1 unspecified atom stereocenters. The van der Waals surface area contributed by atoms with Crippen molar-refractivity contribution in [2.75, 3.05) is 6.26 Å². The van der Waals surface area contributed by atoms with Crippen molar-refractivity contribution in [3.63, 3.8) is 0 Å². The monoisotopic (exact) mass is 291 g/mol. The number of hydrogen-bond acceptors (Lipinski definition) is 6. The van der Waals surface area contributed by atoms with Crippen LogP contribution in [0.15, 0.2) is 45.4 Å². The average Bonchev–Trinajstić information content (AvgIpc) is 3.09. The van der Waals surface area contributed by atoms with Gasteiger partial charge in [0.15, 0.2) is 0 Å². The molecule has 3 aromatic rings. The Labute approximate surface area is 116 Å². The summed E-state index contributed by atoms with van der Waals surface area (Å²) in [6.07, 6.45) is 1.49. The molecule has 0 radical (unpaired) electrons. The lowest BCUT2D eigenvalue weighted by atomic mass is 10.2. The van der Waals surface area contributed by atoms with Crippen LogP contribution in [0.3, 0.4) is 0 Å². The fourth-order valence-corrected chi connectivity index (χ4v) is 2.67. The number of rotatable bonds is 3. The molecule has 96 valence electrons. The third kappa shape index (κ3) is 2.53. The van der Waals surface area contributed by atoms with E-state index >= 15 is 0 Å². The fourth-order valence-electron chi connectivity index (χ4n) is 1.51. The van der Waals surface area contributed by atoms with E-state index in [-0.39, 0.29) is 5.22 Å². The second-order valence-corrected chi connectivity index (χ2v) is 5.85. The van der Waals surface area contributed by atoms with Crippen LogP contribution in [0.25, 0.3) is 22.2 Å². The highest BCUT2D eigenvalue weighted by atomic mass is 32.2. The van der Waals surface area contributed by atoms with Gasteiger partial charge in [-0.1, -0.05) is 35.4 Å². The second-order valence-electron chi connectivity index (χ2n) is 3.73. The lowest BCUT2D eigenvalue weighted by Crippen LogP contribution is -1.96. The van der Waals surface area contributed by atoms with E-state index in [9.17, 15) is 4.55 Å². The van der Waals surface area contributed by atoms with E-state index in [4.69, 9.17) is 4.42 Å². The van der Waals surface area contributed by atoms with E-state index in [1.54, 1.807) is 0 Å². The Morgan fingerprint density at radius 2 is 2.00 bits per heavy atom. The Morgan fingerprint density at radius 3 is 2.68 bits per heavy atom. The Kier molecular flexibility index (Phi) is 3.33. The molecule has 19 heavy (non-hydrogen) atoms. The van der Waals surface area contributed by atoms with Gasteiger partial charge in [-0.15, -0.1) is 16.4 Å². The third-order valence-electron chi connectivity index (χ3n) is 2.40. The molecule has 0 spiro atoms. The highest BCUT2D eigenvalue weighted by Gasteiger charge is 2.18. The van der Waals surface area contributed by atoms with Crippen molar-refractivity contribution in [3.8, 4) is 22.2 Å². The summed E-state index contributed by atoms with van der Waals surface area (Å²) in [4.78, 5) is 4.45. The first-order valence-corrected chi connectivity index (χ1v) is 7.86. The molecule has 0 amide bonds. The summed E-state index contributed by atoms with van der Waals surface area (Å²) in [6.45, 7) is 0. The summed E-state index contributed by atoms with van der Waals surface area (Å²) in [7, 11) is 0. The minimum atomic E-state index is -1.28. The molecule has 5 nitrogen and oxygen atoms in total. The predicted octanol–water partition coefficient (Wildman–Crippen LogP) is 2.60. The van der Waals surface area contributed by atoms with Gasteiger partial charge in [0.25, 0.3) is 5.89 Å². The molecule has 0 saturated carbocycles. The predicted molar refractivity (Wildman–Crippen MR) is 73.2 cm³/mol. The molecule has 2 aromatic heterocycles. The average molecular weight is 291 g/mol. The highest BCUT2D eigenvalue weighted by Crippen LogP contribution is 2.28. The lowest BCUT2D eigenvalue weighted by Gasteiger charge is -1.94. The van der Waals surface area contributed by atoms with Crippen LogP contribution < -0.4 is 0 Å². The summed E-state index contributed by atoms with van der Waals surface area (Å²) in [5.41, 5.74) is 1.64. The lowest BCUT2D eigenvalue weighted by molar-refractivity contribution is 0.441. The largest absolute Gasteiger partial charge is 0.608 e. The molecular weight excluding hydrogens is 282 g/mol. The molecule has 0 aliphatic carbocycles. The van der Waals surface area contributed by atoms with Crippen molar-refractivity contribution >= 4 is 22.5 Å². The Balaban J connectivity index is 1.92. The highest BCUT2D eigenvalue weighted by molar-refractivity contribution is 7.90. The number of thiazole rings is 1. The summed E-state index contributed by atoms with van der Waals surface area (Å²) in [5, 5.41) is 10.4. The van der Waals surface area contributed by atoms with Crippen LogP contribution >= 0.6 is 11.3 Å². The quantitative estimate of drug-likeness (QED) is 0.693. The summed E-state index contributed by atoms with van der Waals surface area (Å²) in [6, 6.07) is 9.85. The fraction of sp³-hybridized carbons (Fsp3) is 0.0833. The SMILES string of the molecule is C[S+]([O-])c1nnc(-c2csc(-c3ccccc3)n2)o1. The standard InChI is InChI=1S/C12H9N3O2S2/c1-19(16)12-15-14-10(17-12)9-7-18-11(13-9)8-5-3-2-4-6-8/h2-7H,1H3. The van der Waals surface area contributed by atoms with Crippen LogP contribution in [-0.4, -0.2) is 26.0 Å². The van der Waals surface area contributed by atoms with Gasteiger partial charge >= 0.3 is 5.22 Å². The third-order valence-corrected chi connectivity index (χ3v) is 3.94. The van der Waals surface area contributed by atoms with Crippen LogP contribution in [0.4, 0.5) is 0 Å². The number of aromatic nitrogens is 3. The maximum atomic E-state index is 11.2. The van der Waals surface area contributed by atoms with Crippen molar-refractivity contribution < 1.29 is 8.97 Å². The van der Waals surface area contributed by atoms with Gasteiger partial charge in [-0.25, -0.2) is 4.98 Å². The molecule has 7 heteroatoms. The van der Waals surface area contributed by atoms with Crippen LogP contribution in [0.5, 0.6) is 0 Å². The zero-order valence-electron chi connectivity index (χ0n) is 9.94. The van der Waals surface area contributed by atoms with Gasteiger partial charge in [-0.05, 0) is 0 Å². The van der Waals surface area contributed by atoms with Gasteiger partial charge in [0.05, 0.1) is 0 Å². The van der Waals surface area contributed by atoms with Crippen molar-refractivity contribution in [2.24, 2.45) is 0 Å². The zero-order chi connectivity index (χ0) is 13.2. The smallest absolute Gasteiger partial charge is 0.435 e. The Hall–Kier alpha value is -1.70. The number of benzene rings is 1.